The Morgan fingerprint density at radius 3 is 2.28 bits per heavy atom. The number of ether oxygens (including phenoxy) is 1. The molecule has 0 bridgehead atoms. The Balaban J connectivity index is 2.97. The van der Waals surface area contributed by atoms with E-state index in [1.165, 1.54) is 0 Å². The van der Waals surface area contributed by atoms with Gasteiger partial charge in [-0.05, 0) is 38.3 Å². The molecule has 1 unspecified atom stereocenters. The van der Waals surface area contributed by atoms with Crippen molar-refractivity contribution in [3.8, 4) is 0 Å². The van der Waals surface area contributed by atoms with Crippen LogP contribution in [0.2, 0.25) is 0 Å². The lowest BCUT2D eigenvalue weighted by molar-refractivity contribution is 0.185. The number of alkyl halides is 1. The quantitative estimate of drug-likeness (QED) is 0.640. The predicted octanol–water partition coefficient (Wildman–Crippen LogP) is 5.07. The second-order valence-electron chi connectivity index (χ2n) is 4.54. The van der Waals surface area contributed by atoms with Crippen LogP contribution in [0.15, 0.2) is 30.3 Å². The molecular weight excluding hydrogens is 227 g/mol. The van der Waals surface area contributed by atoms with Crippen LogP contribution < -0.4 is 0 Å². The van der Waals surface area contributed by atoms with Gasteiger partial charge in [0.05, 0.1) is 6.61 Å². The maximum atomic E-state index is 14.1. The zero-order valence-electron chi connectivity index (χ0n) is 11.8. The standard InChI is InChI=1S/C16H23FO/c1-5-8-15(18-7-3)13-9-11-14(12-10-13)16(4,17)6-2/h8-12H,5-7H2,1-4H3/b15-8+. The first-order chi connectivity index (χ1) is 8.55. The third-order valence-electron chi connectivity index (χ3n) is 3.12. The highest BCUT2D eigenvalue weighted by Crippen LogP contribution is 2.30. The molecule has 0 aliphatic rings. The zero-order valence-corrected chi connectivity index (χ0v) is 11.8. The minimum Gasteiger partial charge on any atom is -0.494 e. The van der Waals surface area contributed by atoms with Crippen LogP contribution in [-0.2, 0) is 10.4 Å². The van der Waals surface area contributed by atoms with Crippen molar-refractivity contribution < 1.29 is 9.13 Å². The van der Waals surface area contributed by atoms with Crippen LogP contribution in [-0.4, -0.2) is 6.61 Å². The van der Waals surface area contributed by atoms with Gasteiger partial charge in [0, 0.05) is 5.56 Å². The molecule has 0 heterocycles. The van der Waals surface area contributed by atoms with Crippen LogP contribution in [0, 0.1) is 0 Å². The van der Waals surface area contributed by atoms with Gasteiger partial charge in [0.1, 0.15) is 11.4 Å². The second kappa shape index (κ2) is 6.58. The first kappa shape index (κ1) is 14.7. The summed E-state index contributed by atoms with van der Waals surface area (Å²) in [6.07, 6.45) is 3.45. The Morgan fingerprint density at radius 2 is 1.83 bits per heavy atom. The average molecular weight is 250 g/mol. The van der Waals surface area contributed by atoms with Crippen molar-refractivity contribution in [3.63, 3.8) is 0 Å². The van der Waals surface area contributed by atoms with Crippen molar-refractivity contribution in [2.75, 3.05) is 6.61 Å². The number of hydrogen-bond donors (Lipinski definition) is 0. The number of hydrogen-bond acceptors (Lipinski definition) is 1. The Hall–Kier alpha value is -1.31. The molecule has 0 aliphatic carbocycles. The highest BCUT2D eigenvalue weighted by atomic mass is 19.1. The molecule has 18 heavy (non-hydrogen) atoms. The Bertz CT molecular complexity index is 390. The van der Waals surface area contributed by atoms with E-state index in [-0.39, 0.29) is 0 Å². The maximum absolute atomic E-state index is 14.1. The van der Waals surface area contributed by atoms with E-state index in [2.05, 4.69) is 6.92 Å². The molecule has 0 aromatic heterocycles. The molecule has 1 atom stereocenters. The van der Waals surface area contributed by atoms with E-state index in [9.17, 15) is 4.39 Å². The fourth-order valence-electron chi connectivity index (χ4n) is 1.79. The first-order valence-corrected chi connectivity index (χ1v) is 6.67. The summed E-state index contributed by atoms with van der Waals surface area (Å²) in [7, 11) is 0. The minimum absolute atomic E-state index is 0.482. The summed E-state index contributed by atoms with van der Waals surface area (Å²) in [5.74, 6) is 0.878. The van der Waals surface area contributed by atoms with Crippen molar-refractivity contribution in [1.29, 1.82) is 0 Å². The number of benzene rings is 1. The van der Waals surface area contributed by atoms with Gasteiger partial charge < -0.3 is 4.74 Å². The van der Waals surface area contributed by atoms with Crippen LogP contribution in [0.5, 0.6) is 0 Å². The number of rotatable bonds is 6. The van der Waals surface area contributed by atoms with Crippen molar-refractivity contribution in [2.45, 2.75) is 46.2 Å². The Labute approximate surface area is 110 Å². The first-order valence-electron chi connectivity index (χ1n) is 6.67. The van der Waals surface area contributed by atoms with Crippen molar-refractivity contribution in [1.82, 2.24) is 0 Å². The minimum atomic E-state index is -1.25. The number of allylic oxidation sites excluding steroid dienone is 1. The molecule has 0 spiro atoms. The molecule has 1 nitrogen and oxygen atoms in total. The Morgan fingerprint density at radius 1 is 1.22 bits per heavy atom. The summed E-state index contributed by atoms with van der Waals surface area (Å²) >= 11 is 0. The van der Waals surface area contributed by atoms with Gasteiger partial charge in [-0.1, -0.05) is 38.1 Å². The van der Waals surface area contributed by atoms with E-state index in [1.54, 1.807) is 6.92 Å². The van der Waals surface area contributed by atoms with Crippen LogP contribution >= 0.6 is 0 Å². The monoisotopic (exact) mass is 250 g/mol. The molecule has 2 heteroatoms. The van der Waals surface area contributed by atoms with Gasteiger partial charge in [-0.2, -0.15) is 0 Å². The smallest absolute Gasteiger partial charge is 0.133 e. The van der Waals surface area contributed by atoms with E-state index in [0.717, 1.165) is 23.3 Å². The molecule has 0 saturated heterocycles. The van der Waals surface area contributed by atoms with E-state index in [1.807, 2.05) is 44.2 Å². The molecule has 0 aliphatic heterocycles. The van der Waals surface area contributed by atoms with Gasteiger partial charge in [-0.25, -0.2) is 4.39 Å². The predicted molar refractivity (Wildman–Crippen MR) is 75.1 cm³/mol. The molecule has 0 fully saturated rings. The summed E-state index contributed by atoms with van der Waals surface area (Å²) in [6, 6.07) is 7.56. The topological polar surface area (TPSA) is 9.23 Å². The van der Waals surface area contributed by atoms with E-state index >= 15 is 0 Å². The molecule has 0 saturated carbocycles. The van der Waals surface area contributed by atoms with E-state index in [4.69, 9.17) is 4.74 Å². The largest absolute Gasteiger partial charge is 0.494 e. The summed E-state index contributed by atoms with van der Waals surface area (Å²) in [6.45, 7) is 8.16. The highest BCUT2D eigenvalue weighted by Gasteiger charge is 2.22. The molecule has 1 aromatic rings. The van der Waals surface area contributed by atoms with Crippen LogP contribution in [0.25, 0.3) is 5.76 Å². The highest BCUT2D eigenvalue weighted by molar-refractivity contribution is 5.60. The van der Waals surface area contributed by atoms with Gasteiger partial charge in [-0.3, -0.25) is 0 Å². The van der Waals surface area contributed by atoms with Crippen LogP contribution in [0.4, 0.5) is 4.39 Å². The lowest BCUT2D eigenvalue weighted by Crippen LogP contribution is -2.13. The Kier molecular flexibility index (Phi) is 5.39. The average Bonchev–Trinajstić information content (AvgIpc) is 2.39. The SMILES string of the molecule is CC/C=C(/OCC)c1ccc(C(C)(F)CC)cc1. The van der Waals surface area contributed by atoms with Crippen LogP contribution in [0.1, 0.15) is 51.7 Å². The fraction of sp³-hybridized carbons (Fsp3) is 0.500. The van der Waals surface area contributed by atoms with Gasteiger partial charge in [0.25, 0.3) is 0 Å². The van der Waals surface area contributed by atoms with E-state index < -0.39 is 5.67 Å². The zero-order chi connectivity index (χ0) is 13.6. The summed E-state index contributed by atoms with van der Waals surface area (Å²) in [5.41, 5.74) is 0.481. The second-order valence-corrected chi connectivity index (χ2v) is 4.54. The summed E-state index contributed by atoms with van der Waals surface area (Å²) in [5, 5.41) is 0. The lowest BCUT2D eigenvalue weighted by Gasteiger charge is -2.19. The molecule has 0 radical (unpaired) electrons. The fourth-order valence-corrected chi connectivity index (χ4v) is 1.79. The molecule has 1 aromatic carbocycles. The molecule has 0 N–H and O–H groups in total. The third kappa shape index (κ3) is 3.59. The molecule has 100 valence electrons. The molecule has 1 rings (SSSR count). The van der Waals surface area contributed by atoms with Crippen molar-refractivity contribution >= 4 is 5.76 Å². The van der Waals surface area contributed by atoms with Crippen molar-refractivity contribution in [2.24, 2.45) is 0 Å². The van der Waals surface area contributed by atoms with Gasteiger partial charge in [-0.15, -0.1) is 0 Å². The summed E-state index contributed by atoms with van der Waals surface area (Å²) < 4.78 is 19.7. The summed E-state index contributed by atoms with van der Waals surface area (Å²) in [4.78, 5) is 0. The van der Waals surface area contributed by atoms with E-state index in [0.29, 0.717) is 13.0 Å². The van der Waals surface area contributed by atoms with Crippen LogP contribution in [0.3, 0.4) is 0 Å². The normalized spacial score (nSPS) is 15.3. The van der Waals surface area contributed by atoms with Gasteiger partial charge >= 0.3 is 0 Å². The molecule has 0 amide bonds. The maximum Gasteiger partial charge on any atom is 0.133 e. The van der Waals surface area contributed by atoms with Crippen molar-refractivity contribution in [3.05, 3.63) is 41.5 Å². The number of halogens is 1. The lowest BCUT2D eigenvalue weighted by atomic mass is 9.94. The third-order valence-corrected chi connectivity index (χ3v) is 3.12. The molecular formula is C16H23FO. The van der Waals surface area contributed by atoms with Gasteiger partial charge in [0.15, 0.2) is 0 Å². The van der Waals surface area contributed by atoms with Gasteiger partial charge in [0.2, 0.25) is 0 Å².